The summed E-state index contributed by atoms with van der Waals surface area (Å²) in [6.07, 6.45) is -1.06. The number of aryl methyl sites for hydroxylation is 1. The van der Waals surface area contributed by atoms with Crippen LogP contribution in [0.2, 0.25) is 0 Å². The molecule has 2 atom stereocenters. The Morgan fingerprint density at radius 1 is 1.04 bits per heavy atom. The van der Waals surface area contributed by atoms with Crippen LogP contribution in [-0.2, 0) is 9.59 Å². The maximum Gasteiger partial charge on any atom is 0.313 e. The van der Waals surface area contributed by atoms with Gasteiger partial charge in [-0.2, -0.15) is 0 Å². The van der Waals surface area contributed by atoms with Gasteiger partial charge in [0.2, 0.25) is 0 Å². The van der Waals surface area contributed by atoms with Crippen LogP contribution in [0.3, 0.4) is 0 Å². The van der Waals surface area contributed by atoms with Crippen LogP contribution in [0.15, 0.2) is 42.5 Å². The molecular formula is C19H21FN2O3. The van der Waals surface area contributed by atoms with Gasteiger partial charge in [-0.25, -0.2) is 4.39 Å². The number of carbonyl (C=O) groups excluding carboxylic acids is 2. The van der Waals surface area contributed by atoms with E-state index in [1.807, 2.05) is 19.9 Å². The summed E-state index contributed by atoms with van der Waals surface area (Å²) < 4.78 is 12.9. The molecule has 25 heavy (non-hydrogen) atoms. The summed E-state index contributed by atoms with van der Waals surface area (Å²) in [5.74, 6) is -2.08. The third-order valence-corrected chi connectivity index (χ3v) is 4.10. The largest absolute Gasteiger partial charge is 0.386 e. The van der Waals surface area contributed by atoms with E-state index in [4.69, 9.17) is 0 Å². The first-order chi connectivity index (χ1) is 11.8. The SMILES string of the molecule is Cc1cccc(NC(=O)C(=O)NC(C)C(O)c2ccc(F)cc2)c1C. The average molecular weight is 344 g/mol. The highest BCUT2D eigenvalue weighted by molar-refractivity contribution is 6.39. The lowest BCUT2D eigenvalue weighted by Gasteiger charge is -2.20. The van der Waals surface area contributed by atoms with Gasteiger partial charge in [-0.1, -0.05) is 24.3 Å². The van der Waals surface area contributed by atoms with Crippen LogP contribution in [0.5, 0.6) is 0 Å². The van der Waals surface area contributed by atoms with E-state index in [1.165, 1.54) is 24.3 Å². The van der Waals surface area contributed by atoms with E-state index in [0.29, 0.717) is 11.3 Å². The van der Waals surface area contributed by atoms with E-state index in [1.54, 1.807) is 19.1 Å². The normalized spacial score (nSPS) is 13.0. The lowest BCUT2D eigenvalue weighted by molar-refractivity contribution is -0.137. The van der Waals surface area contributed by atoms with E-state index in [-0.39, 0.29) is 0 Å². The minimum atomic E-state index is -1.06. The Balaban J connectivity index is 1.99. The molecule has 0 saturated heterocycles. The van der Waals surface area contributed by atoms with Crippen molar-refractivity contribution in [2.24, 2.45) is 0 Å². The Morgan fingerprint density at radius 2 is 1.68 bits per heavy atom. The van der Waals surface area contributed by atoms with Gasteiger partial charge in [0.05, 0.1) is 12.1 Å². The molecule has 0 heterocycles. The van der Waals surface area contributed by atoms with Crippen molar-refractivity contribution in [2.75, 3.05) is 5.32 Å². The van der Waals surface area contributed by atoms with E-state index in [0.717, 1.165) is 11.1 Å². The molecule has 0 fully saturated rings. The van der Waals surface area contributed by atoms with Gasteiger partial charge in [0, 0.05) is 5.69 Å². The highest BCUT2D eigenvalue weighted by Crippen LogP contribution is 2.19. The number of anilines is 1. The highest BCUT2D eigenvalue weighted by Gasteiger charge is 2.22. The topological polar surface area (TPSA) is 78.4 Å². The molecule has 2 amide bonds. The molecule has 2 unspecified atom stereocenters. The number of rotatable bonds is 4. The second-order valence-corrected chi connectivity index (χ2v) is 5.96. The summed E-state index contributed by atoms with van der Waals surface area (Å²) in [6.45, 7) is 5.33. The summed E-state index contributed by atoms with van der Waals surface area (Å²) >= 11 is 0. The van der Waals surface area contributed by atoms with E-state index >= 15 is 0 Å². The molecule has 0 spiro atoms. The molecule has 2 rings (SSSR count). The minimum Gasteiger partial charge on any atom is -0.386 e. The molecule has 5 nitrogen and oxygen atoms in total. The van der Waals surface area contributed by atoms with Crippen LogP contribution >= 0.6 is 0 Å². The van der Waals surface area contributed by atoms with Crippen LogP contribution in [-0.4, -0.2) is 23.0 Å². The predicted octanol–water partition coefficient (Wildman–Crippen LogP) is 2.62. The lowest BCUT2D eigenvalue weighted by atomic mass is 10.0. The molecule has 0 aliphatic rings. The fourth-order valence-electron chi connectivity index (χ4n) is 2.37. The number of aliphatic hydroxyl groups is 1. The van der Waals surface area contributed by atoms with Crippen molar-refractivity contribution in [3.63, 3.8) is 0 Å². The molecule has 2 aromatic carbocycles. The number of carbonyl (C=O) groups is 2. The zero-order valence-corrected chi connectivity index (χ0v) is 14.3. The Labute approximate surface area is 145 Å². The first kappa shape index (κ1) is 18.6. The fraction of sp³-hybridized carbons (Fsp3) is 0.263. The van der Waals surface area contributed by atoms with Gasteiger partial charge in [-0.05, 0) is 55.7 Å². The maximum atomic E-state index is 12.9. The number of halogens is 1. The van der Waals surface area contributed by atoms with Gasteiger partial charge in [0.15, 0.2) is 0 Å². The second kappa shape index (κ2) is 7.90. The first-order valence-electron chi connectivity index (χ1n) is 7.91. The summed E-state index contributed by atoms with van der Waals surface area (Å²) in [5, 5.41) is 15.2. The highest BCUT2D eigenvalue weighted by atomic mass is 19.1. The lowest BCUT2D eigenvalue weighted by Crippen LogP contribution is -2.43. The van der Waals surface area contributed by atoms with Crippen LogP contribution in [0, 0.1) is 19.7 Å². The summed E-state index contributed by atoms with van der Waals surface area (Å²) in [6, 6.07) is 9.99. The quantitative estimate of drug-likeness (QED) is 0.746. The Morgan fingerprint density at radius 3 is 2.32 bits per heavy atom. The van der Waals surface area contributed by atoms with Crippen molar-refractivity contribution in [3.05, 3.63) is 65.0 Å². The van der Waals surface area contributed by atoms with E-state index in [9.17, 15) is 19.1 Å². The summed E-state index contributed by atoms with van der Waals surface area (Å²) in [4.78, 5) is 24.1. The molecular weight excluding hydrogens is 323 g/mol. The van der Waals surface area contributed by atoms with Gasteiger partial charge in [-0.3, -0.25) is 9.59 Å². The van der Waals surface area contributed by atoms with Gasteiger partial charge >= 0.3 is 11.8 Å². The van der Waals surface area contributed by atoms with Crippen LogP contribution in [0.25, 0.3) is 0 Å². The average Bonchev–Trinajstić information content (AvgIpc) is 2.58. The number of hydrogen-bond donors (Lipinski definition) is 3. The summed E-state index contributed by atoms with van der Waals surface area (Å²) in [7, 11) is 0. The second-order valence-electron chi connectivity index (χ2n) is 5.96. The monoisotopic (exact) mass is 344 g/mol. The van der Waals surface area contributed by atoms with Crippen LogP contribution in [0.1, 0.15) is 29.7 Å². The molecule has 0 bridgehead atoms. The van der Waals surface area contributed by atoms with E-state index in [2.05, 4.69) is 10.6 Å². The number of hydrogen-bond acceptors (Lipinski definition) is 3. The van der Waals surface area contributed by atoms with E-state index < -0.39 is 29.8 Å². The van der Waals surface area contributed by atoms with Crippen molar-refractivity contribution < 1.29 is 19.1 Å². The van der Waals surface area contributed by atoms with Crippen molar-refractivity contribution in [2.45, 2.75) is 32.9 Å². The Hall–Kier alpha value is -2.73. The maximum absolute atomic E-state index is 12.9. The smallest absolute Gasteiger partial charge is 0.313 e. The van der Waals surface area contributed by atoms with Crippen LogP contribution < -0.4 is 10.6 Å². The van der Waals surface area contributed by atoms with Crippen LogP contribution in [0.4, 0.5) is 10.1 Å². The molecule has 3 N–H and O–H groups in total. The molecule has 132 valence electrons. The van der Waals surface area contributed by atoms with Gasteiger partial charge < -0.3 is 15.7 Å². The first-order valence-corrected chi connectivity index (χ1v) is 7.91. The molecule has 0 saturated carbocycles. The van der Waals surface area contributed by atoms with Crippen molar-refractivity contribution in [3.8, 4) is 0 Å². The number of benzene rings is 2. The molecule has 0 aliphatic carbocycles. The van der Waals surface area contributed by atoms with Gasteiger partial charge in [0.1, 0.15) is 5.82 Å². The molecule has 2 aromatic rings. The zero-order chi connectivity index (χ0) is 18.6. The van der Waals surface area contributed by atoms with Gasteiger partial charge in [0.25, 0.3) is 0 Å². The number of amides is 2. The standard InChI is InChI=1S/C19H21FN2O3/c1-11-5-4-6-16(12(11)2)22-19(25)18(24)21-13(3)17(23)14-7-9-15(20)10-8-14/h4-10,13,17,23H,1-3H3,(H,21,24)(H,22,25). The van der Waals surface area contributed by atoms with Crippen molar-refractivity contribution >= 4 is 17.5 Å². The predicted molar refractivity (Wildman–Crippen MR) is 93.5 cm³/mol. The number of aliphatic hydroxyl groups excluding tert-OH is 1. The van der Waals surface area contributed by atoms with Gasteiger partial charge in [-0.15, -0.1) is 0 Å². The fourth-order valence-corrected chi connectivity index (χ4v) is 2.37. The molecule has 0 aromatic heterocycles. The Bertz CT molecular complexity index is 775. The number of nitrogens with one attached hydrogen (secondary N) is 2. The zero-order valence-electron chi connectivity index (χ0n) is 14.3. The molecule has 0 aliphatic heterocycles. The molecule has 0 radical (unpaired) electrons. The third kappa shape index (κ3) is 4.64. The van der Waals surface area contributed by atoms with Crippen molar-refractivity contribution in [1.82, 2.24) is 5.32 Å². The van der Waals surface area contributed by atoms with Crippen molar-refractivity contribution in [1.29, 1.82) is 0 Å². The Kier molecular flexibility index (Phi) is 5.88. The summed E-state index contributed by atoms with van der Waals surface area (Å²) in [5.41, 5.74) is 2.89. The minimum absolute atomic E-state index is 0.416. The third-order valence-electron chi connectivity index (χ3n) is 4.10. The molecule has 6 heteroatoms.